The van der Waals surface area contributed by atoms with Gasteiger partial charge in [-0.1, -0.05) is 0 Å². The van der Waals surface area contributed by atoms with Crippen LogP contribution in [0.5, 0.6) is 0 Å². The van der Waals surface area contributed by atoms with Crippen LogP contribution in [0, 0.1) is 5.92 Å². The van der Waals surface area contributed by atoms with Crippen LogP contribution in [0.1, 0.15) is 60.3 Å². The number of likely N-dealkylation sites (tertiary alicyclic amines) is 1. The Bertz CT molecular complexity index is 286. The van der Waals surface area contributed by atoms with Gasteiger partial charge in [0.15, 0.2) is 0 Å². The molecule has 0 spiro atoms. The van der Waals surface area contributed by atoms with Crippen molar-refractivity contribution in [3.05, 3.63) is 0 Å². The topological polar surface area (TPSA) is 41.6 Å². The monoisotopic (exact) mass is 298 g/mol. The van der Waals surface area contributed by atoms with E-state index in [0.717, 1.165) is 18.0 Å². The molecule has 0 aromatic carbocycles. The van der Waals surface area contributed by atoms with Crippen molar-refractivity contribution in [3.8, 4) is 0 Å². The summed E-state index contributed by atoms with van der Waals surface area (Å²) in [6.45, 7) is 14.4. The molecule has 2 rings (SSSR count). The molecular formula is C17H34N2O2. The Balaban J connectivity index is 0.000000270. The summed E-state index contributed by atoms with van der Waals surface area (Å²) < 4.78 is 4.55. The quantitative estimate of drug-likeness (QED) is 0.814. The standard InChI is InChI=1S/C12H24N2.C5H10O2/c1-10(2)14-8-5-11(6-9-14)12-4-3-7-13-12;1-5(2,3)7-4-6/h10-13H,3-9H2,1-2H3;4H,1-3H3. The van der Waals surface area contributed by atoms with E-state index in [2.05, 4.69) is 28.8 Å². The molecule has 0 bridgehead atoms. The van der Waals surface area contributed by atoms with Gasteiger partial charge < -0.3 is 15.0 Å². The van der Waals surface area contributed by atoms with Crippen molar-refractivity contribution in [1.29, 1.82) is 0 Å². The van der Waals surface area contributed by atoms with E-state index in [0.29, 0.717) is 6.47 Å². The summed E-state index contributed by atoms with van der Waals surface area (Å²) in [5, 5.41) is 3.65. The Morgan fingerprint density at radius 3 is 2.14 bits per heavy atom. The van der Waals surface area contributed by atoms with E-state index in [1.165, 1.54) is 45.3 Å². The van der Waals surface area contributed by atoms with Crippen molar-refractivity contribution in [3.63, 3.8) is 0 Å². The number of hydrogen-bond acceptors (Lipinski definition) is 4. The lowest BCUT2D eigenvalue weighted by molar-refractivity contribution is -0.138. The van der Waals surface area contributed by atoms with E-state index in [1.54, 1.807) is 0 Å². The smallest absolute Gasteiger partial charge is 0.293 e. The summed E-state index contributed by atoms with van der Waals surface area (Å²) in [6.07, 6.45) is 5.65. The van der Waals surface area contributed by atoms with Gasteiger partial charge in [-0.05, 0) is 85.9 Å². The van der Waals surface area contributed by atoms with E-state index in [4.69, 9.17) is 0 Å². The number of rotatable bonds is 3. The molecule has 2 fully saturated rings. The second-order valence-electron chi connectivity index (χ2n) is 7.50. The Morgan fingerprint density at radius 2 is 1.81 bits per heavy atom. The van der Waals surface area contributed by atoms with Gasteiger partial charge >= 0.3 is 0 Å². The molecule has 1 N–H and O–H groups in total. The molecular weight excluding hydrogens is 264 g/mol. The molecule has 2 aliphatic rings. The van der Waals surface area contributed by atoms with Crippen LogP contribution >= 0.6 is 0 Å². The fourth-order valence-electron chi connectivity index (χ4n) is 3.10. The Kier molecular flexibility index (Phi) is 7.67. The molecule has 2 aliphatic heterocycles. The minimum Gasteiger partial charge on any atom is -0.462 e. The highest BCUT2D eigenvalue weighted by Crippen LogP contribution is 2.26. The van der Waals surface area contributed by atoms with Crippen LogP contribution in [0.3, 0.4) is 0 Å². The van der Waals surface area contributed by atoms with Gasteiger partial charge in [0.2, 0.25) is 0 Å². The molecule has 0 amide bonds. The van der Waals surface area contributed by atoms with E-state index in [-0.39, 0.29) is 5.60 Å². The Morgan fingerprint density at radius 1 is 1.19 bits per heavy atom. The number of carbonyl (C=O) groups excluding carboxylic acids is 1. The Labute approximate surface area is 130 Å². The molecule has 21 heavy (non-hydrogen) atoms. The van der Waals surface area contributed by atoms with E-state index < -0.39 is 0 Å². The molecule has 2 saturated heterocycles. The van der Waals surface area contributed by atoms with Gasteiger partial charge in [-0.15, -0.1) is 0 Å². The minimum atomic E-state index is -0.318. The van der Waals surface area contributed by atoms with Crippen LogP contribution in [0.4, 0.5) is 0 Å². The average molecular weight is 298 g/mol. The fraction of sp³-hybridized carbons (Fsp3) is 0.941. The Hall–Kier alpha value is -0.610. The maximum Gasteiger partial charge on any atom is 0.293 e. The van der Waals surface area contributed by atoms with Crippen molar-refractivity contribution >= 4 is 6.47 Å². The highest BCUT2D eigenvalue weighted by atomic mass is 16.5. The first-order chi connectivity index (χ1) is 9.83. The molecule has 1 atom stereocenters. The summed E-state index contributed by atoms with van der Waals surface area (Å²) in [5.41, 5.74) is -0.318. The summed E-state index contributed by atoms with van der Waals surface area (Å²) in [6, 6.07) is 1.59. The van der Waals surface area contributed by atoms with Gasteiger partial charge in [0.05, 0.1) is 0 Å². The first-order valence-corrected chi connectivity index (χ1v) is 8.42. The molecule has 0 aromatic rings. The normalized spacial score (nSPS) is 24.6. The minimum absolute atomic E-state index is 0.318. The highest BCUT2D eigenvalue weighted by Gasteiger charge is 2.28. The second kappa shape index (κ2) is 8.74. The summed E-state index contributed by atoms with van der Waals surface area (Å²) >= 11 is 0. The van der Waals surface area contributed by atoms with Gasteiger partial charge in [0, 0.05) is 12.1 Å². The number of nitrogens with one attached hydrogen (secondary N) is 1. The van der Waals surface area contributed by atoms with Gasteiger partial charge in [-0.3, -0.25) is 4.79 Å². The second-order valence-corrected chi connectivity index (χ2v) is 7.50. The fourth-order valence-corrected chi connectivity index (χ4v) is 3.10. The number of piperidine rings is 1. The van der Waals surface area contributed by atoms with Crippen LogP contribution in [0.2, 0.25) is 0 Å². The molecule has 1 unspecified atom stereocenters. The predicted molar refractivity (Wildman–Crippen MR) is 87.4 cm³/mol. The lowest BCUT2D eigenvalue weighted by Crippen LogP contribution is -2.43. The van der Waals surface area contributed by atoms with Gasteiger partial charge in [0.1, 0.15) is 5.60 Å². The molecule has 124 valence electrons. The third-order valence-corrected chi connectivity index (χ3v) is 4.37. The zero-order chi connectivity index (χ0) is 15.9. The molecule has 0 radical (unpaired) electrons. The van der Waals surface area contributed by atoms with Crippen LogP contribution in [0.15, 0.2) is 0 Å². The third kappa shape index (κ3) is 7.28. The van der Waals surface area contributed by atoms with Crippen LogP contribution < -0.4 is 5.32 Å². The zero-order valence-electron chi connectivity index (χ0n) is 14.5. The lowest BCUT2D eigenvalue weighted by Gasteiger charge is -2.37. The average Bonchev–Trinajstić information content (AvgIpc) is 2.92. The van der Waals surface area contributed by atoms with Crippen molar-refractivity contribution in [2.75, 3.05) is 19.6 Å². The van der Waals surface area contributed by atoms with Crippen molar-refractivity contribution in [2.24, 2.45) is 5.92 Å². The first kappa shape index (κ1) is 18.4. The maximum absolute atomic E-state index is 9.60. The number of ether oxygens (including phenoxy) is 1. The largest absolute Gasteiger partial charge is 0.462 e. The SMILES string of the molecule is CC(C)(C)OC=O.CC(C)N1CCC(C2CCCN2)CC1. The molecule has 0 saturated carbocycles. The third-order valence-electron chi connectivity index (χ3n) is 4.37. The molecule has 4 nitrogen and oxygen atoms in total. The maximum atomic E-state index is 9.60. The summed E-state index contributed by atoms with van der Waals surface area (Å²) in [4.78, 5) is 12.2. The van der Waals surface area contributed by atoms with Crippen LogP contribution in [-0.2, 0) is 9.53 Å². The van der Waals surface area contributed by atoms with Crippen LogP contribution in [-0.4, -0.2) is 48.7 Å². The number of carbonyl (C=O) groups is 1. The van der Waals surface area contributed by atoms with E-state index in [1.807, 2.05) is 20.8 Å². The van der Waals surface area contributed by atoms with Gasteiger partial charge in [0.25, 0.3) is 6.47 Å². The molecule has 0 aliphatic carbocycles. The predicted octanol–water partition coefficient (Wildman–Crippen LogP) is 2.82. The highest BCUT2D eigenvalue weighted by molar-refractivity contribution is 5.37. The molecule has 2 heterocycles. The molecule has 4 heteroatoms. The van der Waals surface area contributed by atoms with Crippen molar-refractivity contribution in [2.45, 2.75) is 78.0 Å². The van der Waals surface area contributed by atoms with Crippen LogP contribution in [0.25, 0.3) is 0 Å². The first-order valence-electron chi connectivity index (χ1n) is 8.42. The number of hydrogen-bond donors (Lipinski definition) is 1. The van der Waals surface area contributed by atoms with Crippen molar-refractivity contribution < 1.29 is 9.53 Å². The van der Waals surface area contributed by atoms with E-state index in [9.17, 15) is 4.79 Å². The summed E-state index contributed by atoms with van der Waals surface area (Å²) in [7, 11) is 0. The van der Waals surface area contributed by atoms with E-state index >= 15 is 0 Å². The molecule has 0 aromatic heterocycles. The lowest BCUT2D eigenvalue weighted by atomic mass is 9.88. The van der Waals surface area contributed by atoms with Gasteiger partial charge in [-0.2, -0.15) is 0 Å². The number of nitrogens with zero attached hydrogens (tertiary/aromatic N) is 1. The van der Waals surface area contributed by atoms with Gasteiger partial charge in [-0.25, -0.2) is 0 Å². The summed E-state index contributed by atoms with van der Waals surface area (Å²) in [5.74, 6) is 0.965. The zero-order valence-corrected chi connectivity index (χ0v) is 14.5. The van der Waals surface area contributed by atoms with Crippen molar-refractivity contribution in [1.82, 2.24) is 10.2 Å².